The van der Waals surface area contributed by atoms with Crippen LogP contribution < -0.4 is 5.32 Å². The lowest BCUT2D eigenvalue weighted by Gasteiger charge is -2.16. The Hall–Kier alpha value is -0.440. The summed E-state index contributed by atoms with van der Waals surface area (Å²) in [7, 11) is 0. The third-order valence-electron chi connectivity index (χ3n) is 3.07. The van der Waals surface area contributed by atoms with Gasteiger partial charge in [-0.3, -0.25) is 0 Å². The van der Waals surface area contributed by atoms with E-state index in [0.29, 0.717) is 21.6 Å². The van der Waals surface area contributed by atoms with Gasteiger partial charge < -0.3 is 5.32 Å². The molecule has 5 heteroatoms. The number of benzene rings is 2. The Morgan fingerprint density at radius 1 is 1.00 bits per heavy atom. The molecular weight excluding hydrogens is 336 g/mol. The van der Waals surface area contributed by atoms with E-state index in [-0.39, 0.29) is 6.04 Å². The summed E-state index contributed by atoms with van der Waals surface area (Å²) in [5, 5.41) is 5.68. The van der Waals surface area contributed by atoms with Gasteiger partial charge in [0.2, 0.25) is 0 Å². The summed E-state index contributed by atoms with van der Waals surface area (Å²) in [6, 6.07) is 11.3. The van der Waals surface area contributed by atoms with Crippen LogP contribution in [0.15, 0.2) is 36.4 Å². The normalized spacial score (nSPS) is 12.4. The second kappa shape index (κ2) is 7.02. The van der Waals surface area contributed by atoms with E-state index in [0.717, 1.165) is 16.1 Å². The summed E-state index contributed by atoms with van der Waals surface area (Å²) >= 11 is 24.3. The summed E-state index contributed by atoms with van der Waals surface area (Å²) in [6.07, 6.45) is 0. The van der Waals surface area contributed by atoms with E-state index in [1.165, 1.54) is 0 Å². The predicted molar refractivity (Wildman–Crippen MR) is 88.2 cm³/mol. The molecule has 106 valence electrons. The van der Waals surface area contributed by atoms with Crippen molar-refractivity contribution in [1.82, 2.24) is 5.32 Å². The molecule has 0 saturated heterocycles. The molecule has 0 bridgehead atoms. The zero-order valence-electron chi connectivity index (χ0n) is 10.8. The van der Waals surface area contributed by atoms with Crippen molar-refractivity contribution in [3.8, 4) is 0 Å². The quantitative estimate of drug-likeness (QED) is 0.653. The molecule has 0 unspecified atom stereocenters. The third-order valence-corrected chi connectivity index (χ3v) is 4.51. The van der Waals surface area contributed by atoms with Gasteiger partial charge in [0.05, 0.1) is 10.0 Å². The Bertz CT molecular complexity index is 613. The molecule has 1 nitrogen and oxygen atoms in total. The highest BCUT2D eigenvalue weighted by Gasteiger charge is 2.11. The molecule has 0 spiro atoms. The molecule has 0 aliphatic carbocycles. The number of hydrogen-bond donors (Lipinski definition) is 1. The number of nitrogens with one attached hydrogen (secondary N) is 1. The zero-order valence-corrected chi connectivity index (χ0v) is 13.8. The van der Waals surface area contributed by atoms with Gasteiger partial charge in [-0.2, -0.15) is 0 Å². The minimum atomic E-state index is 0.125. The fraction of sp³-hybridized carbons (Fsp3) is 0.200. The first-order valence-corrected chi connectivity index (χ1v) is 7.61. The second-order valence-corrected chi connectivity index (χ2v) is 6.11. The van der Waals surface area contributed by atoms with E-state index in [9.17, 15) is 0 Å². The van der Waals surface area contributed by atoms with Gasteiger partial charge in [-0.05, 0) is 36.8 Å². The molecule has 0 radical (unpaired) electrons. The van der Waals surface area contributed by atoms with Crippen molar-refractivity contribution in [2.24, 2.45) is 0 Å². The lowest BCUT2D eigenvalue weighted by atomic mass is 10.1. The molecule has 2 aromatic carbocycles. The molecule has 0 aliphatic rings. The van der Waals surface area contributed by atoms with E-state index in [1.54, 1.807) is 12.1 Å². The monoisotopic (exact) mass is 347 g/mol. The van der Waals surface area contributed by atoms with Crippen LogP contribution in [0, 0.1) is 0 Å². The molecule has 0 heterocycles. The van der Waals surface area contributed by atoms with Gasteiger partial charge >= 0.3 is 0 Å². The van der Waals surface area contributed by atoms with Crippen molar-refractivity contribution in [2.45, 2.75) is 19.5 Å². The van der Waals surface area contributed by atoms with Crippen molar-refractivity contribution >= 4 is 46.4 Å². The average Bonchev–Trinajstić information content (AvgIpc) is 2.43. The van der Waals surface area contributed by atoms with Crippen LogP contribution in [0.25, 0.3) is 0 Å². The van der Waals surface area contributed by atoms with Crippen LogP contribution in [0.3, 0.4) is 0 Å². The lowest BCUT2D eigenvalue weighted by Crippen LogP contribution is -2.18. The first-order valence-electron chi connectivity index (χ1n) is 6.10. The molecule has 0 aromatic heterocycles. The molecule has 0 fully saturated rings. The third kappa shape index (κ3) is 3.81. The number of halogens is 4. The van der Waals surface area contributed by atoms with E-state index in [1.807, 2.05) is 24.3 Å². The fourth-order valence-electron chi connectivity index (χ4n) is 1.88. The molecular formula is C15H13Cl4N. The van der Waals surface area contributed by atoms with Crippen LogP contribution in [0.4, 0.5) is 0 Å². The molecule has 0 aliphatic heterocycles. The average molecular weight is 349 g/mol. The second-order valence-electron chi connectivity index (χ2n) is 4.48. The van der Waals surface area contributed by atoms with Gasteiger partial charge in [-0.1, -0.05) is 58.5 Å². The molecule has 2 rings (SSSR count). The molecule has 1 N–H and O–H groups in total. The molecule has 1 atom stereocenters. The Kier molecular flexibility index (Phi) is 5.59. The van der Waals surface area contributed by atoms with Crippen LogP contribution in [-0.4, -0.2) is 0 Å². The Balaban J connectivity index is 2.11. The van der Waals surface area contributed by atoms with Crippen LogP contribution in [0.5, 0.6) is 0 Å². The first-order chi connectivity index (χ1) is 9.49. The fourth-order valence-corrected chi connectivity index (χ4v) is 2.76. The van der Waals surface area contributed by atoms with Gasteiger partial charge in [0.15, 0.2) is 0 Å². The van der Waals surface area contributed by atoms with Crippen LogP contribution in [0.1, 0.15) is 24.1 Å². The lowest BCUT2D eigenvalue weighted by molar-refractivity contribution is 0.575. The summed E-state index contributed by atoms with van der Waals surface area (Å²) in [5.74, 6) is 0. The number of hydrogen-bond acceptors (Lipinski definition) is 1. The van der Waals surface area contributed by atoms with Crippen molar-refractivity contribution < 1.29 is 0 Å². The van der Waals surface area contributed by atoms with E-state index >= 15 is 0 Å². The summed E-state index contributed by atoms with van der Waals surface area (Å²) in [5.41, 5.74) is 1.90. The highest BCUT2D eigenvalue weighted by Crippen LogP contribution is 2.31. The Morgan fingerprint density at radius 2 is 1.70 bits per heavy atom. The van der Waals surface area contributed by atoms with Crippen molar-refractivity contribution in [3.63, 3.8) is 0 Å². The summed E-state index contributed by atoms with van der Waals surface area (Å²) < 4.78 is 0. The maximum atomic E-state index is 6.18. The standard InChI is InChI=1S/C15H13Cl4N/c1-9(10-3-2-4-11(16)7-10)20-8-12-13(17)5-6-14(18)15(12)19/h2-7,9,20H,8H2,1H3/t9-/m0/s1. The van der Waals surface area contributed by atoms with Gasteiger partial charge in [0.25, 0.3) is 0 Å². The van der Waals surface area contributed by atoms with E-state index in [4.69, 9.17) is 46.4 Å². The molecule has 2 aromatic rings. The minimum Gasteiger partial charge on any atom is -0.306 e. The predicted octanol–water partition coefficient (Wildman–Crippen LogP) is 6.15. The summed E-state index contributed by atoms with van der Waals surface area (Å²) in [6.45, 7) is 2.59. The minimum absolute atomic E-state index is 0.125. The summed E-state index contributed by atoms with van der Waals surface area (Å²) in [4.78, 5) is 0. The van der Waals surface area contributed by atoms with Gasteiger partial charge in [-0.25, -0.2) is 0 Å². The topological polar surface area (TPSA) is 12.0 Å². The van der Waals surface area contributed by atoms with E-state index < -0.39 is 0 Å². The zero-order chi connectivity index (χ0) is 14.7. The first kappa shape index (κ1) is 15.9. The van der Waals surface area contributed by atoms with Crippen molar-refractivity contribution in [2.75, 3.05) is 0 Å². The SMILES string of the molecule is C[C@H](NCc1c(Cl)ccc(Cl)c1Cl)c1cccc(Cl)c1. The Morgan fingerprint density at radius 3 is 2.40 bits per heavy atom. The van der Waals surface area contributed by atoms with Crippen molar-refractivity contribution in [3.05, 3.63) is 67.6 Å². The van der Waals surface area contributed by atoms with E-state index in [2.05, 4.69) is 12.2 Å². The smallest absolute Gasteiger partial charge is 0.0652 e. The van der Waals surface area contributed by atoms with Gasteiger partial charge in [0, 0.05) is 28.2 Å². The van der Waals surface area contributed by atoms with Crippen molar-refractivity contribution in [1.29, 1.82) is 0 Å². The van der Waals surface area contributed by atoms with Crippen LogP contribution >= 0.6 is 46.4 Å². The van der Waals surface area contributed by atoms with Crippen LogP contribution in [0.2, 0.25) is 20.1 Å². The maximum Gasteiger partial charge on any atom is 0.0652 e. The Labute approximate surface area is 138 Å². The largest absolute Gasteiger partial charge is 0.306 e. The van der Waals surface area contributed by atoms with Gasteiger partial charge in [0.1, 0.15) is 0 Å². The highest BCUT2D eigenvalue weighted by atomic mass is 35.5. The molecule has 0 saturated carbocycles. The molecule has 20 heavy (non-hydrogen) atoms. The molecule has 0 amide bonds. The van der Waals surface area contributed by atoms with Gasteiger partial charge in [-0.15, -0.1) is 0 Å². The highest BCUT2D eigenvalue weighted by molar-refractivity contribution is 6.44. The maximum absolute atomic E-state index is 6.18. The van der Waals surface area contributed by atoms with Crippen LogP contribution in [-0.2, 0) is 6.54 Å². The number of rotatable bonds is 4.